The lowest BCUT2D eigenvalue weighted by Gasteiger charge is -2.37. The first-order valence-electron chi connectivity index (χ1n) is 9.18. The molecule has 0 radical (unpaired) electrons. The molecule has 1 aliphatic heterocycles. The number of aliphatic hydroxyl groups is 1. The average molecular weight is 335 g/mol. The first-order valence-corrected chi connectivity index (χ1v) is 9.18. The van der Waals surface area contributed by atoms with Gasteiger partial charge in [-0.05, 0) is 26.7 Å². The van der Waals surface area contributed by atoms with E-state index in [0.29, 0.717) is 31.5 Å². The van der Waals surface area contributed by atoms with Crippen molar-refractivity contribution in [2.75, 3.05) is 19.7 Å². The number of carbonyl (C=O) groups excluding carboxylic acids is 1. The maximum absolute atomic E-state index is 12.4. The molecule has 0 unspecified atom stereocenters. The second-order valence-electron chi connectivity index (χ2n) is 7.16. The summed E-state index contributed by atoms with van der Waals surface area (Å²) in [5.74, 6) is 2.21. The predicted octanol–water partition coefficient (Wildman–Crippen LogP) is 0.679. The Bertz CT molecular complexity index is 565. The van der Waals surface area contributed by atoms with Gasteiger partial charge in [-0.2, -0.15) is 5.10 Å². The highest BCUT2D eigenvalue weighted by molar-refractivity contribution is 5.82. The minimum absolute atomic E-state index is 0.0330. The Morgan fingerprint density at radius 1 is 1.33 bits per heavy atom. The summed E-state index contributed by atoms with van der Waals surface area (Å²) in [6.45, 7) is 6.26. The van der Waals surface area contributed by atoms with Gasteiger partial charge in [-0.3, -0.25) is 9.69 Å². The molecule has 2 heterocycles. The predicted molar refractivity (Wildman–Crippen MR) is 90.7 cm³/mol. The molecule has 0 aromatic carbocycles. The third-order valence-electron chi connectivity index (χ3n) is 5.21. The van der Waals surface area contributed by atoms with E-state index in [1.54, 1.807) is 4.68 Å². The van der Waals surface area contributed by atoms with E-state index in [4.69, 9.17) is 4.98 Å². The van der Waals surface area contributed by atoms with Crippen molar-refractivity contribution in [3.8, 4) is 0 Å². The van der Waals surface area contributed by atoms with Crippen LogP contribution in [-0.4, -0.2) is 62.5 Å². The molecule has 7 heteroatoms. The van der Waals surface area contributed by atoms with Gasteiger partial charge in [0.2, 0.25) is 5.91 Å². The standard InChI is InChI=1S/C17H29N5O2/c1-12(2)21-8-7-18-17(24)14(21)11-15-19-16(13-5-3-4-6-13)20-22(15)9-10-23/h12-14,23H,3-11H2,1-2H3,(H,18,24)/t14-/m0/s1. The lowest BCUT2D eigenvalue weighted by Crippen LogP contribution is -2.58. The first-order chi connectivity index (χ1) is 11.6. The van der Waals surface area contributed by atoms with Crippen LogP contribution in [0.25, 0.3) is 0 Å². The normalized spacial score (nSPS) is 23.2. The van der Waals surface area contributed by atoms with E-state index in [0.717, 1.165) is 31.0 Å². The number of piperazine rings is 1. The monoisotopic (exact) mass is 335 g/mol. The fraction of sp³-hybridized carbons (Fsp3) is 0.824. The van der Waals surface area contributed by atoms with Crippen molar-refractivity contribution in [2.24, 2.45) is 0 Å². The molecule has 1 aromatic heterocycles. The topological polar surface area (TPSA) is 83.3 Å². The summed E-state index contributed by atoms with van der Waals surface area (Å²) < 4.78 is 1.80. The third kappa shape index (κ3) is 3.62. The second kappa shape index (κ2) is 7.61. The molecule has 24 heavy (non-hydrogen) atoms. The van der Waals surface area contributed by atoms with E-state index in [1.807, 2.05) is 0 Å². The van der Waals surface area contributed by atoms with E-state index in [2.05, 4.69) is 29.2 Å². The molecular weight excluding hydrogens is 306 g/mol. The summed E-state index contributed by atoms with van der Waals surface area (Å²) >= 11 is 0. The van der Waals surface area contributed by atoms with Crippen LogP contribution in [-0.2, 0) is 17.8 Å². The summed E-state index contributed by atoms with van der Waals surface area (Å²) in [4.78, 5) is 19.4. The Balaban J connectivity index is 1.82. The molecule has 1 aliphatic carbocycles. The van der Waals surface area contributed by atoms with Gasteiger partial charge in [-0.25, -0.2) is 9.67 Å². The summed E-state index contributed by atoms with van der Waals surface area (Å²) in [6.07, 6.45) is 5.31. The van der Waals surface area contributed by atoms with Crippen LogP contribution in [0, 0.1) is 0 Å². The Hall–Kier alpha value is -1.47. The van der Waals surface area contributed by atoms with Crippen LogP contribution in [0.5, 0.6) is 0 Å². The highest BCUT2D eigenvalue weighted by Gasteiger charge is 2.33. The molecule has 3 rings (SSSR count). The van der Waals surface area contributed by atoms with Crippen molar-refractivity contribution in [3.63, 3.8) is 0 Å². The molecule has 0 spiro atoms. The van der Waals surface area contributed by atoms with E-state index in [1.165, 1.54) is 12.8 Å². The first kappa shape index (κ1) is 17.4. The molecule has 0 bridgehead atoms. The summed E-state index contributed by atoms with van der Waals surface area (Å²) in [5, 5.41) is 16.9. The number of amides is 1. The maximum Gasteiger partial charge on any atom is 0.237 e. The fourth-order valence-electron chi connectivity index (χ4n) is 3.91. The van der Waals surface area contributed by atoms with E-state index in [-0.39, 0.29) is 18.6 Å². The quantitative estimate of drug-likeness (QED) is 0.799. The lowest BCUT2D eigenvalue weighted by molar-refractivity contribution is -0.130. The Labute approximate surface area is 143 Å². The van der Waals surface area contributed by atoms with Crippen LogP contribution in [0.15, 0.2) is 0 Å². The zero-order valence-corrected chi connectivity index (χ0v) is 14.7. The zero-order chi connectivity index (χ0) is 17.1. The molecule has 134 valence electrons. The van der Waals surface area contributed by atoms with Crippen LogP contribution in [0.2, 0.25) is 0 Å². The van der Waals surface area contributed by atoms with E-state index >= 15 is 0 Å². The molecule has 1 saturated heterocycles. The minimum atomic E-state index is -0.211. The van der Waals surface area contributed by atoms with Crippen LogP contribution >= 0.6 is 0 Å². The number of hydrogen-bond donors (Lipinski definition) is 2. The molecule has 2 N–H and O–H groups in total. The summed E-state index contributed by atoms with van der Waals surface area (Å²) in [5.41, 5.74) is 0. The molecular formula is C17H29N5O2. The van der Waals surface area contributed by atoms with Gasteiger partial charge in [-0.15, -0.1) is 0 Å². The van der Waals surface area contributed by atoms with Gasteiger partial charge >= 0.3 is 0 Å². The third-order valence-corrected chi connectivity index (χ3v) is 5.21. The summed E-state index contributed by atoms with van der Waals surface area (Å²) in [6, 6.07) is 0.0985. The molecule has 1 aromatic rings. The van der Waals surface area contributed by atoms with Crippen molar-refractivity contribution >= 4 is 5.91 Å². The van der Waals surface area contributed by atoms with Gasteiger partial charge in [-0.1, -0.05) is 12.8 Å². The lowest BCUT2D eigenvalue weighted by atomic mass is 10.1. The largest absolute Gasteiger partial charge is 0.394 e. The Morgan fingerprint density at radius 3 is 2.75 bits per heavy atom. The van der Waals surface area contributed by atoms with Crippen molar-refractivity contribution in [1.82, 2.24) is 25.0 Å². The summed E-state index contributed by atoms with van der Waals surface area (Å²) in [7, 11) is 0. The highest BCUT2D eigenvalue weighted by Crippen LogP contribution is 2.32. The zero-order valence-electron chi connectivity index (χ0n) is 14.7. The molecule has 2 fully saturated rings. The maximum atomic E-state index is 12.4. The number of nitrogens with zero attached hydrogens (tertiary/aromatic N) is 4. The smallest absolute Gasteiger partial charge is 0.237 e. The van der Waals surface area contributed by atoms with Crippen molar-refractivity contribution in [1.29, 1.82) is 0 Å². The molecule has 7 nitrogen and oxygen atoms in total. The van der Waals surface area contributed by atoms with E-state index in [9.17, 15) is 9.90 Å². The molecule has 2 aliphatic rings. The number of hydrogen-bond acceptors (Lipinski definition) is 5. The van der Waals surface area contributed by atoms with Gasteiger partial charge in [0, 0.05) is 31.5 Å². The van der Waals surface area contributed by atoms with Crippen LogP contribution in [0.3, 0.4) is 0 Å². The van der Waals surface area contributed by atoms with Crippen molar-refractivity contribution in [3.05, 3.63) is 11.6 Å². The Kier molecular flexibility index (Phi) is 5.50. The van der Waals surface area contributed by atoms with E-state index < -0.39 is 0 Å². The molecule has 1 saturated carbocycles. The second-order valence-corrected chi connectivity index (χ2v) is 7.16. The molecule has 1 amide bonds. The van der Waals surface area contributed by atoms with Crippen molar-refractivity contribution < 1.29 is 9.90 Å². The SMILES string of the molecule is CC(C)N1CCNC(=O)[C@@H]1Cc1nc(C2CCCC2)nn1CCO. The number of carbonyl (C=O) groups is 1. The fourth-order valence-corrected chi connectivity index (χ4v) is 3.91. The number of nitrogens with one attached hydrogen (secondary N) is 1. The van der Waals surface area contributed by atoms with Gasteiger partial charge in [0.05, 0.1) is 19.2 Å². The van der Waals surface area contributed by atoms with Crippen molar-refractivity contribution in [2.45, 2.75) is 70.5 Å². The minimum Gasteiger partial charge on any atom is -0.394 e. The van der Waals surface area contributed by atoms with Gasteiger partial charge in [0.1, 0.15) is 5.82 Å². The molecule has 1 atom stereocenters. The van der Waals surface area contributed by atoms with Crippen LogP contribution in [0.1, 0.15) is 57.1 Å². The number of aliphatic hydroxyl groups excluding tert-OH is 1. The van der Waals surface area contributed by atoms with Gasteiger partial charge in [0.25, 0.3) is 0 Å². The van der Waals surface area contributed by atoms with Crippen LogP contribution < -0.4 is 5.32 Å². The Morgan fingerprint density at radius 2 is 2.08 bits per heavy atom. The number of aromatic nitrogens is 3. The number of rotatable bonds is 6. The highest BCUT2D eigenvalue weighted by atomic mass is 16.3. The van der Waals surface area contributed by atoms with Gasteiger partial charge < -0.3 is 10.4 Å². The average Bonchev–Trinajstić information content (AvgIpc) is 3.19. The van der Waals surface area contributed by atoms with Gasteiger partial charge in [0.15, 0.2) is 5.82 Å². The van der Waals surface area contributed by atoms with Crippen LogP contribution in [0.4, 0.5) is 0 Å².